The lowest BCUT2D eigenvalue weighted by Crippen LogP contribution is -2.43. The number of rotatable bonds is 6. The van der Waals surface area contributed by atoms with Crippen LogP contribution in [-0.2, 0) is 25.5 Å². The summed E-state index contributed by atoms with van der Waals surface area (Å²) in [4.78, 5) is 48.3. The molecule has 240 valence electrons. The van der Waals surface area contributed by atoms with Gasteiger partial charge in [-0.3, -0.25) is 9.69 Å². The average molecular weight is 610 g/mol. The molecule has 12 heteroatoms. The minimum atomic E-state index is -1.06. The maximum Gasteiger partial charge on any atom is 0.410 e. The van der Waals surface area contributed by atoms with Crippen molar-refractivity contribution < 1.29 is 42.5 Å². The van der Waals surface area contributed by atoms with E-state index in [0.717, 1.165) is 4.90 Å². The first-order valence-electron chi connectivity index (χ1n) is 13.5. The van der Waals surface area contributed by atoms with E-state index in [1.54, 1.807) is 72.7 Å². The molecule has 2 aromatic rings. The number of likely N-dealkylation sites (N-methyl/N-ethyl adjacent to an activating group) is 2. The minimum absolute atomic E-state index is 0.0755. The van der Waals surface area contributed by atoms with Crippen LogP contribution in [0.5, 0.6) is 0 Å². The standard InChI is InChI=1S/C16H22FNO3.C9H17NO4.C6H6FN/c1-11(18(5)15(20)21-16(2,3)4)14(19)10-12-7-6-8-13(17)9-12;1-6(7(11)12)10(5)8(13)14-9(2,3)4;7-5-2-1-3-6(8)4-5/h6-9,11H,10H2,1-5H3;6H,1-5H3,(H,11,12);1-4H,8H2/t11-;6-;/m11./s1. The van der Waals surface area contributed by atoms with Crippen LogP contribution in [0.25, 0.3) is 0 Å². The zero-order valence-corrected chi connectivity index (χ0v) is 26.6. The van der Waals surface area contributed by atoms with Crippen molar-refractivity contribution in [2.24, 2.45) is 0 Å². The number of hydrogen-bond donors (Lipinski definition) is 2. The molecule has 0 saturated carbocycles. The maximum absolute atomic E-state index is 13.1. The van der Waals surface area contributed by atoms with Crippen molar-refractivity contribution in [2.45, 2.75) is 85.1 Å². The van der Waals surface area contributed by atoms with Crippen LogP contribution in [0, 0.1) is 11.6 Å². The predicted octanol–water partition coefficient (Wildman–Crippen LogP) is 5.93. The largest absolute Gasteiger partial charge is 0.480 e. The molecule has 0 saturated heterocycles. The molecule has 0 heterocycles. The number of halogens is 2. The van der Waals surface area contributed by atoms with Crippen LogP contribution in [-0.4, -0.2) is 76.2 Å². The Labute approximate surface area is 252 Å². The Morgan fingerprint density at radius 1 is 0.791 bits per heavy atom. The van der Waals surface area contributed by atoms with Crippen molar-refractivity contribution in [2.75, 3.05) is 19.8 Å². The molecule has 2 atom stereocenters. The van der Waals surface area contributed by atoms with E-state index in [1.807, 2.05) is 0 Å². The van der Waals surface area contributed by atoms with Gasteiger partial charge in [0.2, 0.25) is 0 Å². The number of amides is 2. The van der Waals surface area contributed by atoms with E-state index in [1.165, 1.54) is 50.2 Å². The molecular formula is C31H45F2N3O7. The Bertz CT molecular complexity index is 1210. The van der Waals surface area contributed by atoms with E-state index < -0.39 is 41.4 Å². The number of nitrogens with two attached hydrogens (primary N) is 1. The second-order valence-corrected chi connectivity index (χ2v) is 11.7. The van der Waals surface area contributed by atoms with Crippen molar-refractivity contribution in [3.8, 4) is 0 Å². The van der Waals surface area contributed by atoms with Crippen molar-refractivity contribution in [1.82, 2.24) is 9.80 Å². The molecule has 2 amide bonds. The van der Waals surface area contributed by atoms with Crippen molar-refractivity contribution >= 4 is 29.6 Å². The monoisotopic (exact) mass is 609 g/mol. The number of carboxylic acid groups (broad SMARTS) is 1. The summed E-state index contributed by atoms with van der Waals surface area (Å²) in [6.07, 6.45) is -1.11. The van der Waals surface area contributed by atoms with E-state index in [2.05, 4.69) is 0 Å². The van der Waals surface area contributed by atoms with E-state index >= 15 is 0 Å². The van der Waals surface area contributed by atoms with Gasteiger partial charge >= 0.3 is 18.2 Å². The van der Waals surface area contributed by atoms with Crippen LogP contribution >= 0.6 is 0 Å². The highest BCUT2D eigenvalue weighted by molar-refractivity contribution is 5.88. The van der Waals surface area contributed by atoms with Gasteiger partial charge < -0.3 is 25.2 Å². The zero-order valence-electron chi connectivity index (χ0n) is 26.6. The second-order valence-electron chi connectivity index (χ2n) is 11.7. The van der Waals surface area contributed by atoms with Gasteiger partial charge in [0, 0.05) is 26.2 Å². The fraction of sp³-hybridized carbons (Fsp3) is 0.484. The number of carbonyl (C=O) groups is 4. The van der Waals surface area contributed by atoms with E-state index in [4.69, 9.17) is 20.3 Å². The van der Waals surface area contributed by atoms with Gasteiger partial charge in [-0.1, -0.05) is 18.2 Å². The van der Waals surface area contributed by atoms with Gasteiger partial charge in [-0.2, -0.15) is 0 Å². The third-order valence-corrected chi connectivity index (χ3v) is 5.46. The first-order valence-corrected chi connectivity index (χ1v) is 13.5. The number of benzene rings is 2. The fourth-order valence-electron chi connectivity index (χ4n) is 2.87. The molecule has 0 aromatic heterocycles. The summed E-state index contributed by atoms with van der Waals surface area (Å²) >= 11 is 0. The van der Waals surface area contributed by atoms with Crippen LogP contribution in [0.15, 0.2) is 48.5 Å². The first kappa shape index (κ1) is 38.8. The lowest BCUT2D eigenvalue weighted by molar-refractivity contribution is -0.142. The van der Waals surface area contributed by atoms with Crippen molar-refractivity contribution in [1.29, 1.82) is 0 Å². The van der Waals surface area contributed by atoms with Crippen LogP contribution in [0.2, 0.25) is 0 Å². The SMILES string of the molecule is C[C@H](C(=O)Cc1cccc(F)c1)N(C)C(=O)OC(C)(C)C.C[C@H](C(=O)O)N(C)C(=O)OC(C)(C)C.Nc1cccc(F)c1. The lowest BCUT2D eigenvalue weighted by Gasteiger charge is -2.28. The number of carboxylic acids is 1. The van der Waals surface area contributed by atoms with E-state index in [-0.39, 0.29) is 23.8 Å². The summed E-state index contributed by atoms with van der Waals surface area (Å²) < 4.78 is 35.4. The Morgan fingerprint density at radius 3 is 1.56 bits per heavy atom. The number of carbonyl (C=O) groups excluding carboxylic acids is 3. The van der Waals surface area contributed by atoms with Gasteiger partial charge in [-0.15, -0.1) is 0 Å². The summed E-state index contributed by atoms with van der Waals surface area (Å²) in [5, 5.41) is 8.65. The van der Waals surface area contributed by atoms with Crippen LogP contribution < -0.4 is 5.73 Å². The number of Topliss-reactive ketones (excluding diaryl/α,β-unsaturated/α-hetero) is 1. The molecular weight excluding hydrogens is 564 g/mol. The fourth-order valence-corrected chi connectivity index (χ4v) is 2.87. The zero-order chi connectivity index (χ0) is 33.7. The van der Waals surface area contributed by atoms with Gasteiger partial charge in [0.1, 0.15) is 28.9 Å². The number of aliphatic carboxylic acids is 1. The number of nitrogen functional groups attached to an aromatic ring is 1. The van der Waals surface area contributed by atoms with Gasteiger partial charge in [-0.05, 0) is 91.3 Å². The second kappa shape index (κ2) is 17.0. The summed E-state index contributed by atoms with van der Waals surface area (Å²) in [5.74, 6) is -1.90. The summed E-state index contributed by atoms with van der Waals surface area (Å²) in [5.41, 5.74) is 5.05. The molecule has 0 spiro atoms. The van der Waals surface area contributed by atoms with Gasteiger partial charge in [0.15, 0.2) is 5.78 Å². The Morgan fingerprint density at radius 2 is 1.21 bits per heavy atom. The highest BCUT2D eigenvalue weighted by atomic mass is 19.1. The molecule has 3 N–H and O–H groups in total. The third-order valence-electron chi connectivity index (χ3n) is 5.46. The van der Waals surface area contributed by atoms with Gasteiger partial charge in [0.25, 0.3) is 0 Å². The van der Waals surface area contributed by atoms with Crippen LogP contribution in [0.1, 0.15) is 61.0 Å². The van der Waals surface area contributed by atoms with Crippen LogP contribution in [0.3, 0.4) is 0 Å². The molecule has 10 nitrogen and oxygen atoms in total. The highest BCUT2D eigenvalue weighted by Gasteiger charge is 2.27. The summed E-state index contributed by atoms with van der Waals surface area (Å²) in [7, 11) is 2.91. The number of anilines is 1. The molecule has 0 bridgehead atoms. The Hall–Kier alpha value is -4.22. The summed E-state index contributed by atoms with van der Waals surface area (Å²) in [6.45, 7) is 13.5. The molecule has 43 heavy (non-hydrogen) atoms. The molecule has 0 aliphatic rings. The van der Waals surface area contributed by atoms with E-state index in [9.17, 15) is 28.0 Å². The average Bonchev–Trinajstić information content (AvgIpc) is 2.85. The molecule has 2 aromatic carbocycles. The Kier molecular flexibility index (Phi) is 15.4. The number of hydrogen-bond acceptors (Lipinski definition) is 7. The number of ether oxygens (including phenoxy) is 2. The van der Waals surface area contributed by atoms with Crippen molar-refractivity contribution in [3.63, 3.8) is 0 Å². The topological polar surface area (TPSA) is 139 Å². The van der Waals surface area contributed by atoms with Crippen molar-refractivity contribution in [3.05, 3.63) is 65.7 Å². The van der Waals surface area contributed by atoms with Gasteiger partial charge in [0.05, 0.1) is 6.04 Å². The molecule has 2 rings (SSSR count). The molecule has 0 unspecified atom stereocenters. The quantitative estimate of drug-likeness (QED) is 0.385. The third kappa shape index (κ3) is 16.7. The van der Waals surface area contributed by atoms with E-state index in [0.29, 0.717) is 11.3 Å². The van der Waals surface area contributed by atoms with Crippen LogP contribution in [0.4, 0.5) is 24.1 Å². The summed E-state index contributed by atoms with van der Waals surface area (Å²) in [6, 6.07) is 10.2. The highest BCUT2D eigenvalue weighted by Crippen LogP contribution is 2.13. The smallest absolute Gasteiger partial charge is 0.410 e. The number of nitrogens with zero attached hydrogens (tertiary/aromatic N) is 2. The minimum Gasteiger partial charge on any atom is -0.480 e. The first-order chi connectivity index (χ1) is 19.5. The molecule has 0 aliphatic heterocycles. The molecule has 0 aliphatic carbocycles. The molecule has 0 fully saturated rings. The normalized spacial score (nSPS) is 12.2. The Balaban J connectivity index is 0.000000685. The number of ketones is 1. The van der Waals surface area contributed by atoms with Gasteiger partial charge in [-0.25, -0.2) is 23.2 Å². The maximum atomic E-state index is 13.1. The molecule has 0 radical (unpaired) electrons. The predicted molar refractivity (Wildman–Crippen MR) is 160 cm³/mol. The lowest BCUT2D eigenvalue weighted by atomic mass is 10.0.